The molecule has 3 nitrogen and oxygen atoms in total. The Kier molecular flexibility index (Phi) is 3.69. The number of ether oxygens (including phenoxy) is 1. The van der Waals surface area contributed by atoms with Crippen molar-refractivity contribution in [3.05, 3.63) is 23.1 Å². The Morgan fingerprint density at radius 3 is 2.85 bits per heavy atom. The topological polar surface area (TPSA) is 39.4 Å². The molecule has 0 amide bonds. The Hall–Kier alpha value is -0.610. The normalized spacial score (nSPS) is 12.5. The number of thiol groups is 1. The lowest BCUT2D eigenvalue weighted by Crippen LogP contribution is -2.14. The van der Waals surface area contributed by atoms with E-state index < -0.39 is 5.92 Å². The largest absolute Gasteiger partial charge is 0.468 e. The third-order valence-corrected chi connectivity index (χ3v) is 2.17. The van der Waals surface area contributed by atoms with Crippen LogP contribution in [0.3, 0.4) is 0 Å². The van der Waals surface area contributed by atoms with Gasteiger partial charge in [0.2, 0.25) is 0 Å². The fourth-order valence-electron chi connectivity index (χ4n) is 0.938. The first-order chi connectivity index (χ1) is 6.19. The molecule has 0 fully saturated rings. The summed E-state index contributed by atoms with van der Waals surface area (Å²) in [5, 5.41) is 0.255. The monoisotopic (exact) mass is 220 g/mol. The molecule has 0 aliphatic heterocycles. The van der Waals surface area contributed by atoms with Gasteiger partial charge in [-0.15, -0.1) is 0 Å². The van der Waals surface area contributed by atoms with Crippen molar-refractivity contribution in [2.24, 2.45) is 0 Å². The second kappa shape index (κ2) is 4.58. The molecular formula is C8H9ClO3S. The average Bonchev–Trinajstić information content (AvgIpc) is 2.53. The van der Waals surface area contributed by atoms with E-state index >= 15 is 0 Å². The molecule has 0 saturated carbocycles. The minimum Gasteiger partial charge on any atom is -0.468 e. The molecule has 72 valence electrons. The van der Waals surface area contributed by atoms with E-state index in [2.05, 4.69) is 17.4 Å². The fraction of sp³-hybridized carbons (Fsp3) is 0.375. The van der Waals surface area contributed by atoms with Crippen LogP contribution in [0.4, 0.5) is 0 Å². The van der Waals surface area contributed by atoms with E-state index in [1.165, 1.54) is 7.11 Å². The van der Waals surface area contributed by atoms with Crippen LogP contribution in [-0.4, -0.2) is 18.8 Å². The van der Waals surface area contributed by atoms with Gasteiger partial charge < -0.3 is 9.15 Å². The highest BCUT2D eigenvalue weighted by molar-refractivity contribution is 7.80. The smallest absolute Gasteiger partial charge is 0.317 e. The Morgan fingerprint density at radius 1 is 1.77 bits per heavy atom. The maximum atomic E-state index is 11.2. The van der Waals surface area contributed by atoms with Crippen molar-refractivity contribution in [3.8, 4) is 0 Å². The van der Waals surface area contributed by atoms with Gasteiger partial charge in [0.05, 0.1) is 7.11 Å². The van der Waals surface area contributed by atoms with E-state index in [0.29, 0.717) is 11.5 Å². The molecule has 0 N–H and O–H groups in total. The lowest BCUT2D eigenvalue weighted by atomic mass is 10.1. The van der Waals surface area contributed by atoms with Crippen LogP contribution in [0.25, 0.3) is 0 Å². The van der Waals surface area contributed by atoms with Crippen molar-refractivity contribution >= 4 is 30.2 Å². The summed E-state index contributed by atoms with van der Waals surface area (Å²) < 4.78 is 9.65. The van der Waals surface area contributed by atoms with Crippen molar-refractivity contribution in [2.45, 2.75) is 5.92 Å². The number of methoxy groups -OCH3 is 1. The van der Waals surface area contributed by atoms with Crippen LogP contribution in [0.2, 0.25) is 5.22 Å². The van der Waals surface area contributed by atoms with Crippen molar-refractivity contribution in [3.63, 3.8) is 0 Å². The molecule has 0 aromatic carbocycles. The molecule has 13 heavy (non-hydrogen) atoms. The molecular weight excluding hydrogens is 212 g/mol. The van der Waals surface area contributed by atoms with Crippen molar-refractivity contribution in [1.82, 2.24) is 0 Å². The van der Waals surface area contributed by atoms with Crippen LogP contribution in [0.1, 0.15) is 11.7 Å². The second-order valence-electron chi connectivity index (χ2n) is 2.40. The maximum Gasteiger partial charge on any atom is 0.317 e. The summed E-state index contributed by atoms with van der Waals surface area (Å²) in [5.41, 5.74) is 0. The molecule has 1 unspecified atom stereocenters. The maximum absolute atomic E-state index is 11.2. The van der Waals surface area contributed by atoms with Gasteiger partial charge in [-0.25, -0.2) is 0 Å². The van der Waals surface area contributed by atoms with E-state index in [0.717, 1.165) is 0 Å². The molecule has 0 aliphatic carbocycles. The number of hydrogen-bond acceptors (Lipinski definition) is 4. The van der Waals surface area contributed by atoms with Gasteiger partial charge in [-0.05, 0) is 23.7 Å². The quantitative estimate of drug-likeness (QED) is 0.627. The van der Waals surface area contributed by atoms with Gasteiger partial charge in [0.1, 0.15) is 11.7 Å². The van der Waals surface area contributed by atoms with E-state index in [1.807, 2.05) is 0 Å². The molecule has 5 heteroatoms. The van der Waals surface area contributed by atoms with E-state index in [4.69, 9.17) is 16.0 Å². The summed E-state index contributed by atoms with van der Waals surface area (Å²) in [6, 6.07) is 3.22. The van der Waals surface area contributed by atoms with E-state index in [9.17, 15) is 4.79 Å². The number of furan rings is 1. The number of carbonyl (C=O) groups is 1. The number of carbonyl (C=O) groups excluding carboxylic acids is 1. The van der Waals surface area contributed by atoms with Crippen LogP contribution in [0.5, 0.6) is 0 Å². The van der Waals surface area contributed by atoms with Gasteiger partial charge in [0.25, 0.3) is 0 Å². The minimum absolute atomic E-state index is 0.255. The highest BCUT2D eigenvalue weighted by atomic mass is 35.5. The average molecular weight is 221 g/mol. The zero-order chi connectivity index (χ0) is 9.84. The Bertz CT molecular complexity index is 297. The molecule has 1 aromatic heterocycles. The zero-order valence-electron chi connectivity index (χ0n) is 6.99. The SMILES string of the molecule is COC(=O)C(CS)c1ccc(Cl)o1. The molecule has 0 saturated heterocycles. The third-order valence-electron chi connectivity index (χ3n) is 1.61. The highest BCUT2D eigenvalue weighted by Crippen LogP contribution is 2.23. The van der Waals surface area contributed by atoms with Gasteiger partial charge in [-0.2, -0.15) is 12.6 Å². The Balaban J connectivity index is 2.84. The molecule has 1 heterocycles. The van der Waals surface area contributed by atoms with Gasteiger partial charge >= 0.3 is 5.97 Å². The van der Waals surface area contributed by atoms with Crippen LogP contribution in [0.15, 0.2) is 16.5 Å². The summed E-state index contributed by atoms with van der Waals surface area (Å²) >= 11 is 9.59. The van der Waals surface area contributed by atoms with Crippen LogP contribution < -0.4 is 0 Å². The van der Waals surface area contributed by atoms with Gasteiger partial charge in [0, 0.05) is 5.75 Å². The van der Waals surface area contributed by atoms with E-state index in [-0.39, 0.29) is 11.2 Å². The number of halogens is 1. The summed E-state index contributed by atoms with van der Waals surface area (Å²) in [4.78, 5) is 11.2. The highest BCUT2D eigenvalue weighted by Gasteiger charge is 2.22. The molecule has 0 bridgehead atoms. The molecule has 0 spiro atoms. The second-order valence-corrected chi connectivity index (χ2v) is 3.14. The van der Waals surface area contributed by atoms with Crippen LogP contribution >= 0.6 is 24.2 Å². The minimum atomic E-state index is -0.485. The predicted octanol–water partition coefficient (Wildman–Crippen LogP) is 2.12. The molecule has 1 aromatic rings. The summed E-state index contributed by atoms with van der Waals surface area (Å²) in [5.74, 6) is -0.0510. The first kappa shape index (κ1) is 10.5. The van der Waals surface area contributed by atoms with E-state index in [1.54, 1.807) is 12.1 Å². The van der Waals surface area contributed by atoms with Crippen molar-refractivity contribution in [1.29, 1.82) is 0 Å². The van der Waals surface area contributed by atoms with Crippen LogP contribution in [0, 0.1) is 0 Å². The molecule has 0 radical (unpaired) electrons. The van der Waals surface area contributed by atoms with Crippen molar-refractivity contribution in [2.75, 3.05) is 12.9 Å². The Labute approximate surface area is 86.4 Å². The zero-order valence-corrected chi connectivity index (χ0v) is 8.64. The molecule has 0 aliphatic rings. The van der Waals surface area contributed by atoms with Gasteiger partial charge in [0.15, 0.2) is 5.22 Å². The lowest BCUT2D eigenvalue weighted by Gasteiger charge is -2.07. The van der Waals surface area contributed by atoms with Crippen LogP contribution in [-0.2, 0) is 9.53 Å². The summed E-state index contributed by atoms with van der Waals surface area (Å²) in [6.45, 7) is 0. The standard InChI is InChI=1S/C8H9ClO3S/c1-11-8(10)5(4-13)6-2-3-7(9)12-6/h2-3,5,13H,4H2,1H3. The first-order valence-electron chi connectivity index (χ1n) is 3.63. The molecule has 1 atom stereocenters. The molecule has 1 rings (SSSR count). The first-order valence-corrected chi connectivity index (χ1v) is 4.64. The van der Waals surface area contributed by atoms with Crippen molar-refractivity contribution < 1.29 is 13.9 Å². The van der Waals surface area contributed by atoms with Gasteiger partial charge in [-0.1, -0.05) is 0 Å². The summed E-state index contributed by atoms with van der Waals surface area (Å²) in [6.07, 6.45) is 0. The number of esters is 1. The fourth-order valence-corrected chi connectivity index (χ4v) is 1.42. The summed E-state index contributed by atoms with van der Waals surface area (Å²) in [7, 11) is 1.32. The number of hydrogen-bond donors (Lipinski definition) is 1. The lowest BCUT2D eigenvalue weighted by molar-refractivity contribution is -0.142. The van der Waals surface area contributed by atoms with Gasteiger partial charge in [-0.3, -0.25) is 4.79 Å². The Morgan fingerprint density at radius 2 is 2.46 bits per heavy atom. The number of rotatable bonds is 3. The third kappa shape index (κ3) is 2.42. The predicted molar refractivity (Wildman–Crippen MR) is 52.3 cm³/mol.